The molecule has 0 heterocycles. The van der Waals surface area contributed by atoms with Crippen molar-refractivity contribution in [2.75, 3.05) is 7.05 Å². The zero-order valence-corrected chi connectivity index (χ0v) is 11.9. The molecule has 3 nitrogen and oxygen atoms in total. The molecule has 0 aliphatic heterocycles. The largest absolute Gasteiger partial charge is 0.358 e. The molecule has 3 rings (SSSR count). The van der Waals surface area contributed by atoms with Crippen molar-refractivity contribution >= 4 is 5.91 Å². The fourth-order valence-corrected chi connectivity index (χ4v) is 3.41. The second-order valence-electron chi connectivity index (χ2n) is 5.23. The van der Waals surface area contributed by atoms with Crippen molar-refractivity contribution in [3.8, 4) is 17.2 Å². The van der Waals surface area contributed by atoms with Gasteiger partial charge in [0.25, 0.3) is 0 Å². The Hall–Kier alpha value is -2.60. The number of benzene rings is 2. The van der Waals surface area contributed by atoms with E-state index in [-0.39, 0.29) is 5.91 Å². The first kappa shape index (κ1) is 13.4. The first-order valence-electron chi connectivity index (χ1n) is 7.04. The molecule has 1 aliphatic carbocycles. The van der Waals surface area contributed by atoms with Gasteiger partial charge in [-0.15, -0.1) is 0 Å². The summed E-state index contributed by atoms with van der Waals surface area (Å²) < 4.78 is 0. The molecule has 0 bridgehead atoms. The van der Waals surface area contributed by atoms with Gasteiger partial charge in [0.2, 0.25) is 5.91 Å². The molecule has 1 aliphatic rings. The van der Waals surface area contributed by atoms with Gasteiger partial charge in [-0.1, -0.05) is 48.5 Å². The molecule has 0 fully saturated rings. The predicted molar refractivity (Wildman–Crippen MR) is 81.6 cm³/mol. The summed E-state index contributed by atoms with van der Waals surface area (Å²) in [5.41, 5.74) is 3.43. The monoisotopic (exact) mass is 276 g/mol. The van der Waals surface area contributed by atoms with Gasteiger partial charge in [0, 0.05) is 13.5 Å². The minimum absolute atomic E-state index is 0.0462. The van der Waals surface area contributed by atoms with E-state index in [9.17, 15) is 4.79 Å². The molecule has 0 saturated heterocycles. The maximum absolute atomic E-state index is 12.7. The Morgan fingerprint density at radius 2 is 1.62 bits per heavy atom. The summed E-state index contributed by atoms with van der Waals surface area (Å²) in [6, 6.07) is 18.2. The minimum Gasteiger partial charge on any atom is -0.358 e. The molecule has 1 amide bonds. The lowest BCUT2D eigenvalue weighted by Gasteiger charge is -2.29. The number of fused-ring (bicyclic) bond motifs is 3. The highest BCUT2D eigenvalue weighted by molar-refractivity contribution is 6.00. The molecule has 2 aromatic rings. The van der Waals surface area contributed by atoms with Crippen LogP contribution in [0.4, 0.5) is 0 Å². The van der Waals surface area contributed by atoms with Crippen molar-refractivity contribution in [2.45, 2.75) is 18.3 Å². The van der Waals surface area contributed by atoms with Gasteiger partial charge in [0.15, 0.2) is 0 Å². The Labute approximate surface area is 124 Å². The first-order chi connectivity index (χ1) is 10.3. The molecule has 0 atom stereocenters. The highest BCUT2D eigenvalue weighted by Crippen LogP contribution is 2.51. The average molecular weight is 276 g/mol. The van der Waals surface area contributed by atoms with Crippen LogP contribution in [0.1, 0.15) is 24.0 Å². The van der Waals surface area contributed by atoms with E-state index >= 15 is 0 Å². The SMILES string of the molecule is CNC(=O)C1(CCC#N)c2ccccc2-c2ccccc21. The van der Waals surface area contributed by atoms with Crippen molar-refractivity contribution in [3.63, 3.8) is 0 Å². The highest BCUT2D eigenvalue weighted by Gasteiger charge is 2.47. The average Bonchev–Trinajstić information content (AvgIpc) is 2.84. The molecular weight excluding hydrogens is 260 g/mol. The van der Waals surface area contributed by atoms with Crippen molar-refractivity contribution in [2.24, 2.45) is 0 Å². The number of nitriles is 1. The van der Waals surface area contributed by atoms with Crippen LogP contribution in [0.25, 0.3) is 11.1 Å². The molecule has 0 radical (unpaired) electrons. The maximum Gasteiger partial charge on any atom is 0.234 e. The molecule has 104 valence electrons. The lowest BCUT2D eigenvalue weighted by Crippen LogP contribution is -2.42. The zero-order valence-electron chi connectivity index (χ0n) is 11.9. The van der Waals surface area contributed by atoms with E-state index in [4.69, 9.17) is 5.26 Å². The summed E-state index contributed by atoms with van der Waals surface area (Å²) in [6.07, 6.45) is 0.841. The third-order valence-corrected chi connectivity index (χ3v) is 4.29. The molecule has 1 N–H and O–H groups in total. The van der Waals surface area contributed by atoms with Crippen molar-refractivity contribution in [1.82, 2.24) is 5.32 Å². The number of nitrogens with one attached hydrogen (secondary N) is 1. The quantitative estimate of drug-likeness (QED) is 0.937. The van der Waals surface area contributed by atoms with Gasteiger partial charge in [-0.3, -0.25) is 4.79 Å². The Kier molecular flexibility index (Phi) is 3.23. The molecule has 0 unspecified atom stereocenters. The van der Waals surface area contributed by atoms with E-state index < -0.39 is 5.41 Å². The van der Waals surface area contributed by atoms with Gasteiger partial charge >= 0.3 is 0 Å². The van der Waals surface area contributed by atoms with Gasteiger partial charge in [-0.05, 0) is 28.7 Å². The second kappa shape index (κ2) is 5.06. The molecular formula is C18H16N2O. The number of hydrogen-bond donors (Lipinski definition) is 1. The zero-order chi connectivity index (χ0) is 14.9. The van der Waals surface area contributed by atoms with E-state index in [1.165, 1.54) is 0 Å². The van der Waals surface area contributed by atoms with Crippen LogP contribution in [-0.4, -0.2) is 13.0 Å². The number of carbonyl (C=O) groups is 1. The molecule has 0 aromatic heterocycles. The van der Waals surface area contributed by atoms with Crippen LogP contribution in [0.5, 0.6) is 0 Å². The summed E-state index contributed by atoms with van der Waals surface area (Å²) >= 11 is 0. The normalized spacial score (nSPS) is 13.9. The lowest BCUT2D eigenvalue weighted by atomic mass is 9.74. The summed E-state index contributed by atoms with van der Waals surface area (Å²) in [4.78, 5) is 12.7. The topological polar surface area (TPSA) is 52.9 Å². The van der Waals surface area contributed by atoms with Crippen LogP contribution in [0.3, 0.4) is 0 Å². The maximum atomic E-state index is 12.7. The Balaban J connectivity index is 2.33. The summed E-state index contributed by atoms with van der Waals surface area (Å²) in [7, 11) is 1.65. The number of likely N-dealkylation sites (N-methyl/N-ethyl adjacent to an activating group) is 1. The van der Waals surface area contributed by atoms with Crippen LogP contribution >= 0.6 is 0 Å². The van der Waals surface area contributed by atoms with Gasteiger partial charge in [-0.25, -0.2) is 0 Å². The molecule has 21 heavy (non-hydrogen) atoms. The van der Waals surface area contributed by atoms with Gasteiger partial charge in [0.05, 0.1) is 6.07 Å². The number of hydrogen-bond acceptors (Lipinski definition) is 2. The molecule has 3 heteroatoms. The Morgan fingerprint density at radius 1 is 1.10 bits per heavy atom. The van der Waals surface area contributed by atoms with Crippen molar-refractivity contribution < 1.29 is 4.79 Å². The third-order valence-electron chi connectivity index (χ3n) is 4.29. The second-order valence-corrected chi connectivity index (χ2v) is 5.23. The number of carbonyl (C=O) groups excluding carboxylic acids is 1. The Morgan fingerprint density at radius 3 is 2.10 bits per heavy atom. The fourth-order valence-electron chi connectivity index (χ4n) is 3.41. The van der Waals surface area contributed by atoms with E-state index in [0.717, 1.165) is 22.3 Å². The van der Waals surface area contributed by atoms with Crippen molar-refractivity contribution in [1.29, 1.82) is 5.26 Å². The van der Waals surface area contributed by atoms with E-state index in [2.05, 4.69) is 11.4 Å². The Bertz CT molecular complexity index is 697. The number of rotatable bonds is 3. The van der Waals surface area contributed by atoms with Gasteiger partial charge in [-0.2, -0.15) is 5.26 Å². The lowest BCUT2D eigenvalue weighted by molar-refractivity contribution is -0.124. The predicted octanol–water partition coefficient (Wildman–Crippen LogP) is 3.00. The highest BCUT2D eigenvalue weighted by atomic mass is 16.2. The van der Waals surface area contributed by atoms with Crippen LogP contribution < -0.4 is 5.32 Å². The summed E-state index contributed by atoms with van der Waals surface area (Å²) in [5, 5.41) is 11.8. The standard InChI is InChI=1S/C18H16N2O/c1-20-17(21)18(11-6-12-19)15-9-4-2-7-13(15)14-8-3-5-10-16(14)18/h2-5,7-10H,6,11H2,1H3,(H,20,21). The smallest absolute Gasteiger partial charge is 0.234 e. The summed E-state index contributed by atoms with van der Waals surface area (Å²) in [5.74, 6) is -0.0462. The van der Waals surface area contributed by atoms with Crippen molar-refractivity contribution in [3.05, 3.63) is 59.7 Å². The van der Waals surface area contributed by atoms with E-state index in [1.54, 1.807) is 7.05 Å². The van der Waals surface area contributed by atoms with E-state index in [0.29, 0.717) is 12.8 Å². The fraction of sp³-hybridized carbons (Fsp3) is 0.222. The van der Waals surface area contributed by atoms with Crippen LogP contribution in [-0.2, 0) is 10.2 Å². The minimum atomic E-state index is -0.752. The van der Waals surface area contributed by atoms with Gasteiger partial charge < -0.3 is 5.32 Å². The first-order valence-corrected chi connectivity index (χ1v) is 7.04. The van der Waals surface area contributed by atoms with Gasteiger partial charge in [0.1, 0.15) is 5.41 Å². The summed E-state index contributed by atoms with van der Waals surface area (Å²) in [6.45, 7) is 0. The van der Waals surface area contributed by atoms with Crippen LogP contribution in [0.2, 0.25) is 0 Å². The number of nitrogens with zero attached hydrogens (tertiary/aromatic N) is 1. The molecule has 0 spiro atoms. The van der Waals surface area contributed by atoms with E-state index in [1.807, 2.05) is 48.5 Å². The van der Waals surface area contributed by atoms with Crippen LogP contribution in [0, 0.1) is 11.3 Å². The number of amides is 1. The molecule has 0 saturated carbocycles. The molecule has 2 aromatic carbocycles. The van der Waals surface area contributed by atoms with Crippen LogP contribution in [0.15, 0.2) is 48.5 Å². The third kappa shape index (κ3) is 1.76.